The second-order valence-corrected chi connectivity index (χ2v) is 5.97. The first kappa shape index (κ1) is 16.6. The number of carbonyl (C=O) groups is 1. The number of nitrogen functional groups attached to an aromatic ring is 1. The van der Waals surface area contributed by atoms with Crippen molar-refractivity contribution >= 4 is 27.9 Å². The lowest BCUT2D eigenvalue weighted by Gasteiger charge is -2.24. The quantitative estimate of drug-likeness (QED) is 0.812. The molecule has 0 aliphatic heterocycles. The van der Waals surface area contributed by atoms with Gasteiger partial charge in [-0.25, -0.2) is 0 Å². The van der Waals surface area contributed by atoms with E-state index in [2.05, 4.69) is 31.0 Å². The molecule has 0 saturated heterocycles. The average molecular weight is 299 g/mol. The number of thiophene rings is 1. The van der Waals surface area contributed by atoms with E-state index >= 15 is 0 Å². The van der Waals surface area contributed by atoms with Gasteiger partial charge in [0, 0.05) is 19.6 Å². The Labute approximate surface area is 125 Å². The van der Waals surface area contributed by atoms with Gasteiger partial charge in [0.1, 0.15) is 15.6 Å². The lowest BCUT2D eigenvalue weighted by atomic mass is 10.2. The summed E-state index contributed by atoms with van der Waals surface area (Å²) in [6, 6.07) is 0. The minimum atomic E-state index is -0.139. The Morgan fingerprint density at radius 3 is 2.55 bits per heavy atom. The molecule has 6 heteroatoms. The molecule has 0 fully saturated rings. The highest BCUT2D eigenvalue weighted by molar-refractivity contribution is 7.19. The minimum absolute atomic E-state index is 0.139. The lowest BCUT2D eigenvalue weighted by molar-refractivity contribution is 0.0960. The van der Waals surface area contributed by atoms with Crippen LogP contribution in [0.1, 0.15) is 37.4 Å². The van der Waals surface area contributed by atoms with Crippen molar-refractivity contribution in [3.63, 3.8) is 0 Å². The van der Waals surface area contributed by atoms with E-state index in [0.29, 0.717) is 28.8 Å². The maximum atomic E-state index is 12.0. The topological polar surface area (TPSA) is 67.6 Å². The van der Waals surface area contributed by atoms with Crippen molar-refractivity contribution in [2.75, 3.05) is 37.4 Å². The third kappa shape index (κ3) is 3.56. The predicted octanol–water partition coefficient (Wildman–Crippen LogP) is 2.57. The standard InChI is InChI=1S/C14H25N3O2S/c1-6-16-13(18)12-10(15)11(19-5)14(20-12)17(7-2)8-9(3)4/h9H,6-8,15H2,1-5H3,(H,16,18). The van der Waals surface area contributed by atoms with E-state index in [9.17, 15) is 4.79 Å². The Kier molecular flexibility index (Phi) is 6.13. The summed E-state index contributed by atoms with van der Waals surface area (Å²) in [5.41, 5.74) is 6.50. The average Bonchev–Trinajstić information content (AvgIpc) is 2.73. The number of rotatable bonds is 7. The van der Waals surface area contributed by atoms with E-state index in [-0.39, 0.29) is 5.91 Å². The number of carbonyl (C=O) groups excluding carboxylic acids is 1. The van der Waals surface area contributed by atoms with Gasteiger partial charge in [0.2, 0.25) is 0 Å². The molecule has 5 nitrogen and oxygen atoms in total. The normalized spacial score (nSPS) is 10.7. The summed E-state index contributed by atoms with van der Waals surface area (Å²) < 4.78 is 5.41. The van der Waals surface area contributed by atoms with E-state index in [1.54, 1.807) is 7.11 Å². The lowest BCUT2D eigenvalue weighted by Crippen LogP contribution is -2.26. The highest BCUT2D eigenvalue weighted by atomic mass is 32.1. The molecule has 0 radical (unpaired) electrons. The van der Waals surface area contributed by atoms with Crippen LogP contribution in [0.2, 0.25) is 0 Å². The highest BCUT2D eigenvalue weighted by Gasteiger charge is 2.24. The number of nitrogens with zero attached hydrogens (tertiary/aromatic N) is 1. The molecule has 0 aliphatic carbocycles. The summed E-state index contributed by atoms with van der Waals surface area (Å²) >= 11 is 1.40. The molecule has 0 unspecified atom stereocenters. The number of nitrogens with two attached hydrogens (primary N) is 1. The van der Waals surface area contributed by atoms with Crippen LogP contribution < -0.4 is 20.7 Å². The van der Waals surface area contributed by atoms with Crippen LogP contribution in [-0.2, 0) is 0 Å². The van der Waals surface area contributed by atoms with Gasteiger partial charge in [0.25, 0.3) is 5.91 Å². The van der Waals surface area contributed by atoms with Crippen LogP contribution in [0.25, 0.3) is 0 Å². The van der Waals surface area contributed by atoms with Crippen LogP contribution in [-0.4, -0.2) is 32.7 Å². The van der Waals surface area contributed by atoms with Crippen LogP contribution in [0.15, 0.2) is 0 Å². The fraction of sp³-hybridized carbons (Fsp3) is 0.643. The molecule has 20 heavy (non-hydrogen) atoms. The smallest absolute Gasteiger partial charge is 0.263 e. The Morgan fingerprint density at radius 2 is 2.10 bits per heavy atom. The first-order valence-electron chi connectivity index (χ1n) is 6.95. The molecule has 114 valence electrons. The number of amides is 1. The first-order chi connectivity index (χ1) is 9.46. The molecule has 0 saturated carbocycles. The minimum Gasteiger partial charge on any atom is -0.492 e. The van der Waals surface area contributed by atoms with Gasteiger partial charge in [-0.1, -0.05) is 13.8 Å². The Bertz CT molecular complexity index is 458. The second kappa shape index (κ2) is 7.38. The molecule has 0 spiro atoms. The Morgan fingerprint density at radius 1 is 1.45 bits per heavy atom. The predicted molar refractivity (Wildman–Crippen MR) is 86.0 cm³/mol. The number of methoxy groups -OCH3 is 1. The molecule has 1 aromatic heterocycles. The van der Waals surface area contributed by atoms with Gasteiger partial charge in [-0.3, -0.25) is 4.79 Å². The van der Waals surface area contributed by atoms with Crippen LogP contribution in [0.3, 0.4) is 0 Å². The van der Waals surface area contributed by atoms with E-state index in [4.69, 9.17) is 10.5 Å². The Balaban J connectivity index is 3.18. The molecule has 3 N–H and O–H groups in total. The van der Waals surface area contributed by atoms with Gasteiger partial charge in [-0.15, -0.1) is 11.3 Å². The second-order valence-electron chi connectivity index (χ2n) is 4.98. The third-order valence-corrected chi connectivity index (χ3v) is 4.13. The van der Waals surface area contributed by atoms with Gasteiger partial charge in [0.15, 0.2) is 5.75 Å². The summed E-state index contributed by atoms with van der Waals surface area (Å²) in [4.78, 5) is 14.8. The first-order valence-corrected chi connectivity index (χ1v) is 7.77. The van der Waals surface area contributed by atoms with Crippen molar-refractivity contribution in [1.82, 2.24) is 5.32 Å². The molecule has 1 heterocycles. The number of nitrogens with one attached hydrogen (secondary N) is 1. The molecular weight excluding hydrogens is 274 g/mol. The number of ether oxygens (including phenoxy) is 1. The van der Waals surface area contributed by atoms with E-state index in [1.165, 1.54) is 11.3 Å². The van der Waals surface area contributed by atoms with Crippen molar-refractivity contribution < 1.29 is 9.53 Å². The van der Waals surface area contributed by atoms with Crippen LogP contribution in [0, 0.1) is 5.92 Å². The molecular formula is C14H25N3O2S. The van der Waals surface area contributed by atoms with Crippen LogP contribution in [0.5, 0.6) is 5.75 Å². The summed E-state index contributed by atoms with van der Waals surface area (Å²) in [5, 5.41) is 3.72. The van der Waals surface area contributed by atoms with Crippen molar-refractivity contribution in [3.8, 4) is 5.75 Å². The maximum absolute atomic E-state index is 12.0. The monoisotopic (exact) mass is 299 g/mol. The highest BCUT2D eigenvalue weighted by Crippen LogP contribution is 2.44. The fourth-order valence-electron chi connectivity index (χ4n) is 2.03. The van der Waals surface area contributed by atoms with Crippen molar-refractivity contribution in [3.05, 3.63) is 4.88 Å². The molecule has 0 bridgehead atoms. The summed E-state index contributed by atoms with van der Waals surface area (Å²) in [5.74, 6) is 0.995. The van der Waals surface area contributed by atoms with Gasteiger partial charge < -0.3 is 20.7 Å². The van der Waals surface area contributed by atoms with Gasteiger partial charge in [-0.05, 0) is 19.8 Å². The number of hydrogen-bond acceptors (Lipinski definition) is 5. The molecule has 0 atom stereocenters. The van der Waals surface area contributed by atoms with Crippen LogP contribution in [0.4, 0.5) is 10.7 Å². The van der Waals surface area contributed by atoms with Crippen molar-refractivity contribution in [2.45, 2.75) is 27.7 Å². The van der Waals surface area contributed by atoms with Crippen molar-refractivity contribution in [1.29, 1.82) is 0 Å². The zero-order chi connectivity index (χ0) is 15.3. The SMILES string of the molecule is CCNC(=O)c1sc(N(CC)CC(C)C)c(OC)c1N. The molecule has 1 amide bonds. The van der Waals surface area contributed by atoms with Crippen LogP contribution >= 0.6 is 11.3 Å². The van der Waals surface area contributed by atoms with Crippen molar-refractivity contribution in [2.24, 2.45) is 5.92 Å². The van der Waals surface area contributed by atoms with E-state index < -0.39 is 0 Å². The summed E-state index contributed by atoms with van der Waals surface area (Å²) in [7, 11) is 1.59. The van der Waals surface area contributed by atoms with E-state index in [1.807, 2.05) is 6.92 Å². The summed E-state index contributed by atoms with van der Waals surface area (Å²) in [6.07, 6.45) is 0. The number of anilines is 2. The zero-order valence-electron chi connectivity index (χ0n) is 12.9. The zero-order valence-corrected chi connectivity index (χ0v) is 13.8. The molecule has 0 aromatic carbocycles. The van der Waals surface area contributed by atoms with Gasteiger partial charge in [0.05, 0.1) is 7.11 Å². The fourth-order valence-corrected chi connectivity index (χ4v) is 3.21. The molecule has 1 aromatic rings. The maximum Gasteiger partial charge on any atom is 0.263 e. The van der Waals surface area contributed by atoms with E-state index in [0.717, 1.165) is 18.1 Å². The Hall–Kier alpha value is -1.43. The largest absolute Gasteiger partial charge is 0.492 e. The third-order valence-electron chi connectivity index (χ3n) is 2.88. The molecule has 1 rings (SSSR count). The van der Waals surface area contributed by atoms with Gasteiger partial charge >= 0.3 is 0 Å². The summed E-state index contributed by atoms with van der Waals surface area (Å²) in [6.45, 7) is 10.6. The molecule has 0 aliphatic rings. The van der Waals surface area contributed by atoms with Gasteiger partial charge in [-0.2, -0.15) is 0 Å². The number of hydrogen-bond donors (Lipinski definition) is 2.